The summed E-state index contributed by atoms with van der Waals surface area (Å²) in [5, 5.41) is 2.65. The lowest BCUT2D eigenvalue weighted by molar-refractivity contribution is -0.119. The molecule has 3 rings (SSSR count). The highest BCUT2D eigenvalue weighted by Crippen LogP contribution is 2.26. The SMILES string of the molecule is CCOc1ccc(-c2ccc(N3CC(CNC(C)=O)OC3=O)cc2)ccc1=O. The van der Waals surface area contributed by atoms with Crippen molar-refractivity contribution in [2.24, 2.45) is 0 Å². The zero-order chi connectivity index (χ0) is 20.1. The van der Waals surface area contributed by atoms with E-state index < -0.39 is 6.09 Å². The number of hydrogen-bond acceptors (Lipinski definition) is 5. The maximum absolute atomic E-state index is 12.1. The maximum atomic E-state index is 12.1. The van der Waals surface area contributed by atoms with Crippen LogP contribution in [0.3, 0.4) is 0 Å². The van der Waals surface area contributed by atoms with Crippen LogP contribution in [0.5, 0.6) is 5.75 Å². The normalized spacial score (nSPS) is 15.9. The van der Waals surface area contributed by atoms with Crippen molar-refractivity contribution in [1.29, 1.82) is 0 Å². The molecule has 0 aromatic heterocycles. The van der Waals surface area contributed by atoms with Gasteiger partial charge in [-0.1, -0.05) is 24.3 Å². The van der Waals surface area contributed by atoms with Crippen molar-refractivity contribution in [1.82, 2.24) is 5.32 Å². The average Bonchev–Trinajstić information content (AvgIpc) is 2.96. The third-order valence-corrected chi connectivity index (χ3v) is 4.34. The zero-order valence-electron chi connectivity index (χ0n) is 15.8. The Kier molecular flexibility index (Phi) is 5.93. The fourth-order valence-corrected chi connectivity index (χ4v) is 2.95. The zero-order valence-corrected chi connectivity index (χ0v) is 15.8. The number of carbonyl (C=O) groups excluding carboxylic acids is 2. The van der Waals surface area contributed by atoms with E-state index >= 15 is 0 Å². The first kappa shape index (κ1) is 19.4. The van der Waals surface area contributed by atoms with Crippen LogP contribution in [0.1, 0.15) is 13.8 Å². The van der Waals surface area contributed by atoms with E-state index in [1.807, 2.05) is 37.3 Å². The Balaban J connectivity index is 1.75. The molecule has 1 aliphatic heterocycles. The van der Waals surface area contributed by atoms with Gasteiger partial charge in [0.2, 0.25) is 11.3 Å². The van der Waals surface area contributed by atoms with E-state index in [-0.39, 0.29) is 24.0 Å². The van der Waals surface area contributed by atoms with Gasteiger partial charge in [-0.3, -0.25) is 14.5 Å². The van der Waals surface area contributed by atoms with Crippen molar-refractivity contribution in [3.63, 3.8) is 0 Å². The second kappa shape index (κ2) is 8.56. The lowest BCUT2D eigenvalue weighted by Crippen LogP contribution is -2.33. The Bertz CT molecular complexity index is 927. The van der Waals surface area contributed by atoms with E-state index in [1.165, 1.54) is 17.9 Å². The van der Waals surface area contributed by atoms with E-state index in [9.17, 15) is 14.4 Å². The third-order valence-electron chi connectivity index (χ3n) is 4.34. The van der Waals surface area contributed by atoms with Crippen molar-refractivity contribution in [2.75, 3.05) is 24.6 Å². The second-order valence-corrected chi connectivity index (χ2v) is 6.38. The molecule has 2 amide bonds. The summed E-state index contributed by atoms with van der Waals surface area (Å²) in [6, 6.07) is 14.1. The summed E-state index contributed by atoms with van der Waals surface area (Å²) in [5.41, 5.74) is 2.31. The topological polar surface area (TPSA) is 84.9 Å². The summed E-state index contributed by atoms with van der Waals surface area (Å²) in [6.45, 7) is 4.34. The van der Waals surface area contributed by atoms with Crippen LogP contribution in [-0.2, 0) is 9.53 Å². The van der Waals surface area contributed by atoms with Gasteiger partial charge in [0.25, 0.3) is 0 Å². The van der Waals surface area contributed by atoms with Crippen LogP contribution in [0.4, 0.5) is 10.5 Å². The monoisotopic (exact) mass is 382 g/mol. The van der Waals surface area contributed by atoms with Crippen LogP contribution in [0.25, 0.3) is 11.1 Å². The number of benzene rings is 1. The Morgan fingerprint density at radius 1 is 1.11 bits per heavy atom. The van der Waals surface area contributed by atoms with Crippen molar-refractivity contribution >= 4 is 17.7 Å². The van der Waals surface area contributed by atoms with Crippen LogP contribution >= 0.6 is 0 Å². The molecule has 1 saturated heterocycles. The molecular formula is C21H22N2O5. The molecule has 1 fully saturated rings. The summed E-state index contributed by atoms with van der Waals surface area (Å²) in [5.74, 6) is 0.152. The first-order valence-corrected chi connectivity index (χ1v) is 9.08. The maximum Gasteiger partial charge on any atom is 0.414 e. The molecule has 28 heavy (non-hydrogen) atoms. The molecule has 0 bridgehead atoms. The van der Waals surface area contributed by atoms with Crippen LogP contribution in [0.2, 0.25) is 0 Å². The molecule has 1 aliphatic rings. The Hall–Kier alpha value is -3.35. The van der Waals surface area contributed by atoms with Gasteiger partial charge in [-0.15, -0.1) is 0 Å². The lowest BCUT2D eigenvalue weighted by Gasteiger charge is -2.13. The Morgan fingerprint density at radius 2 is 1.75 bits per heavy atom. The summed E-state index contributed by atoms with van der Waals surface area (Å²) in [7, 11) is 0. The predicted octanol–water partition coefficient (Wildman–Crippen LogP) is 2.57. The predicted molar refractivity (Wildman–Crippen MR) is 106 cm³/mol. The van der Waals surface area contributed by atoms with Crippen molar-refractivity contribution in [3.8, 4) is 16.9 Å². The number of anilines is 1. The quantitative estimate of drug-likeness (QED) is 0.830. The molecule has 1 atom stereocenters. The number of nitrogens with one attached hydrogen (secondary N) is 1. The Morgan fingerprint density at radius 3 is 2.39 bits per heavy atom. The molecule has 2 aromatic rings. The van der Waals surface area contributed by atoms with Crippen LogP contribution in [0.15, 0.2) is 53.3 Å². The van der Waals surface area contributed by atoms with Gasteiger partial charge in [0.05, 0.1) is 19.7 Å². The third kappa shape index (κ3) is 4.49. The van der Waals surface area contributed by atoms with Crippen LogP contribution in [-0.4, -0.2) is 37.8 Å². The molecule has 0 aliphatic carbocycles. The van der Waals surface area contributed by atoms with Gasteiger partial charge in [0, 0.05) is 12.6 Å². The number of nitrogens with zero attached hydrogens (tertiary/aromatic N) is 1. The lowest BCUT2D eigenvalue weighted by atomic mass is 10.1. The van der Waals surface area contributed by atoms with Gasteiger partial charge < -0.3 is 14.8 Å². The average molecular weight is 382 g/mol. The minimum atomic E-state index is -0.438. The summed E-state index contributed by atoms with van der Waals surface area (Å²) in [6.07, 6.45) is -0.816. The highest BCUT2D eigenvalue weighted by molar-refractivity contribution is 5.90. The van der Waals surface area contributed by atoms with E-state index in [2.05, 4.69) is 5.32 Å². The van der Waals surface area contributed by atoms with Crippen molar-refractivity contribution in [3.05, 3.63) is 58.8 Å². The van der Waals surface area contributed by atoms with Gasteiger partial charge in [-0.25, -0.2) is 4.79 Å². The number of rotatable bonds is 6. The van der Waals surface area contributed by atoms with E-state index in [1.54, 1.807) is 12.1 Å². The number of cyclic esters (lactones) is 1. The minimum Gasteiger partial charge on any atom is -0.490 e. The molecule has 1 unspecified atom stereocenters. The minimum absolute atomic E-state index is 0.163. The summed E-state index contributed by atoms with van der Waals surface area (Å²) < 4.78 is 10.6. The number of hydrogen-bond donors (Lipinski definition) is 1. The first-order chi connectivity index (χ1) is 13.5. The molecule has 7 nitrogen and oxygen atoms in total. The van der Waals surface area contributed by atoms with E-state index in [0.29, 0.717) is 24.6 Å². The number of ether oxygens (including phenoxy) is 2. The van der Waals surface area contributed by atoms with Crippen LogP contribution < -0.4 is 20.4 Å². The van der Waals surface area contributed by atoms with Gasteiger partial charge >= 0.3 is 6.09 Å². The molecule has 146 valence electrons. The molecule has 1 N–H and O–H groups in total. The van der Waals surface area contributed by atoms with Gasteiger partial charge in [0.15, 0.2) is 5.75 Å². The molecule has 0 saturated carbocycles. The smallest absolute Gasteiger partial charge is 0.414 e. The largest absolute Gasteiger partial charge is 0.490 e. The molecular weight excluding hydrogens is 360 g/mol. The van der Waals surface area contributed by atoms with Crippen molar-refractivity contribution < 1.29 is 19.1 Å². The van der Waals surface area contributed by atoms with E-state index in [4.69, 9.17) is 9.47 Å². The summed E-state index contributed by atoms with van der Waals surface area (Å²) >= 11 is 0. The highest BCUT2D eigenvalue weighted by Gasteiger charge is 2.32. The number of amides is 2. The highest BCUT2D eigenvalue weighted by atomic mass is 16.6. The standard InChI is InChI=1S/C21H22N2O5/c1-3-27-20-11-7-16(6-10-19(20)25)15-4-8-17(9-5-15)23-13-18(28-21(23)26)12-22-14(2)24/h4-11,18H,3,12-13H2,1-2H3,(H,22,24). The second-order valence-electron chi connectivity index (χ2n) is 6.38. The van der Waals surface area contributed by atoms with Gasteiger partial charge in [-0.2, -0.15) is 0 Å². The number of carbonyl (C=O) groups is 2. The molecule has 0 radical (unpaired) electrons. The molecule has 2 aromatic carbocycles. The molecule has 7 heteroatoms. The van der Waals surface area contributed by atoms with Crippen molar-refractivity contribution in [2.45, 2.75) is 20.0 Å². The molecule has 0 spiro atoms. The van der Waals surface area contributed by atoms with Crippen LogP contribution in [0, 0.1) is 0 Å². The van der Waals surface area contributed by atoms with E-state index in [0.717, 1.165) is 11.1 Å². The molecule has 1 heterocycles. The van der Waals surface area contributed by atoms with Gasteiger partial charge in [0.1, 0.15) is 6.10 Å². The summed E-state index contributed by atoms with van der Waals surface area (Å²) in [4.78, 5) is 36.6. The Labute approximate surface area is 162 Å². The van der Waals surface area contributed by atoms with Gasteiger partial charge in [-0.05, 0) is 42.3 Å². The fraction of sp³-hybridized carbons (Fsp3) is 0.286. The fourth-order valence-electron chi connectivity index (χ4n) is 2.95. The first-order valence-electron chi connectivity index (χ1n) is 9.08.